The molecule has 1 heterocycles. The predicted octanol–water partition coefficient (Wildman–Crippen LogP) is 4.49. The highest BCUT2D eigenvalue weighted by Crippen LogP contribution is 2.40. The number of hydrogen-bond donors (Lipinski definition) is 1. The van der Waals surface area contributed by atoms with E-state index in [-0.39, 0.29) is 0 Å². The maximum absolute atomic E-state index is 6.34. The average Bonchev–Trinajstić information content (AvgIpc) is 2.42. The molecule has 1 aliphatic heterocycles. The Kier molecular flexibility index (Phi) is 3.72. The summed E-state index contributed by atoms with van der Waals surface area (Å²) in [6.45, 7) is 5.89. The molecular formula is C16H22ClNO2. The molecule has 1 aliphatic carbocycles. The van der Waals surface area contributed by atoms with Crippen LogP contribution in [0.15, 0.2) is 12.1 Å². The van der Waals surface area contributed by atoms with Gasteiger partial charge in [0.2, 0.25) is 0 Å². The van der Waals surface area contributed by atoms with E-state index in [1.54, 1.807) is 0 Å². The molecule has 0 unspecified atom stereocenters. The molecular weight excluding hydrogens is 274 g/mol. The van der Waals surface area contributed by atoms with Crippen molar-refractivity contribution in [3.05, 3.63) is 17.2 Å². The fourth-order valence-corrected chi connectivity index (χ4v) is 3.15. The molecule has 4 heteroatoms. The Morgan fingerprint density at radius 2 is 1.70 bits per heavy atom. The first-order chi connectivity index (χ1) is 9.53. The highest BCUT2D eigenvalue weighted by Gasteiger charge is 2.27. The van der Waals surface area contributed by atoms with Gasteiger partial charge in [-0.3, -0.25) is 0 Å². The Balaban J connectivity index is 1.71. The third-order valence-electron chi connectivity index (χ3n) is 4.33. The second-order valence-electron chi connectivity index (χ2n) is 6.56. The lowest BCUT2D eigenvalue weighted by Gasteiger charge is -2.35. The number of anilines is 1. The van der Waals surface area contributed by atoms with Crippen LogP contribution in [0.25, 0.3) is 0 Å². The topological polar surface area (TPSA) is 30.5 Å². The van der Waals surface area contributed by atoms with Gasteiger partial charge in [-0.2, -0.15) is 0 Å². The number of rotatable bonds is 2. The van der Waals surface area contributed by atoms with Crippen molar-refractivity contribution < 1.29 is 9.47 Å². The Morgan fingerprint density at radius 1 is 1.10 bits per heavy atom. The smallest absolute Gasteiger partial charge is 0.163 e. The molecule has 0 saturated heterocycles. The summed E-state index contributed by atoms with van der Waals surface area (Å²) in [7, 11) is 0. The van der Waals surface area contributed by atoms with Gasteiger partial charge in [0.25, 0.3) is 0 Å². The normalized spacial score (nSPS) is 21.6. The Bertz CT molecular complexity index is 491. The minimum absolute atomic E-state index is 0.481. The van der Waals surface area contributed by atoms with Gasteiger partial charge < -0.3 is 14.8 Å². The van der Waals surface area contributed by atoms with Crippen molar-refractivity contribution in [1.82, 2.24) is 0 Å². The fraction of sp³-hybridized carbons (Fsp3) is 0.625. The highest BCUT2D eigenvalue weighted by molar-refractivity contribution is 6.33. The molecule has 0 amide bonds. The van der Waals surface area contributed by atoms with Gasteiger partial charge in [-0.15, -0.1) is 0 Å². The van der Waals surface area contributed by atoms with E-state index in [1.807, 2.05) is 12.1 Å². The third kappa shape index (κ3) is 2.98. The molecule has 0 atom stereocenters. The standard InChI is InChI=1S/C16H22ClNO2/c1-16(2)5-3-11(4-6-16)18-13-10-15-14(9-12(13)17)19-7-8-20-15/h9-11,18H,3-8H2,1-2H3. The van der Waals surface area contributed by atoms with E-state index in [4.69, 9.17) is 21.1 Å². The first-order valence-corrected chi connectivity index (χ1v) is 7.77. The van der Waals surface area contributed by atoms with Gasteiger partial charge >= 0.3 is 0 Å². The lowest BCUT2D eigenvalue weighted by atomic mass is 9.75. The summed E-state index contributed by atoms with van der Waals surface area (Å²) in [5, 5.41) is 4.28. The van der Waals surface area contributed by atoms with Gasteiger partial charge in [0.15, 0.2) is 11.5 Å². The van der Waals surface area contributed by atoms with E-state index in [0.29, 0.717) is 29.7 Å². The van der Waals surface area contributed by atoms with Crippen LogP contribution in [-0.2, 0) is 0 Å². The van der Waals surface area contributed by atoms with Crippen molar-refractivity contribution in [3.63, 3.8) is 0 Å². The minimum atomic E-state index is 0.481. The molecule has 1 saturated carbocycles. The molecule has 0 radical (unpaired) electrons. The highest BCUT2D eigenvalue weighted by atomic mass is 35.5. The van der Waals surface area contributed by atoms with Crippen LogP contribution in [0.3, 0.4) is 0 Å². The molecule has 0 bridgehead atoms. The van der Waals surface area contributed by atoms with Crippen molar-refractivity contribution >= 4 is 17.3 Å². The van der Waals surface area contributed by atoms with Crippen molar-refractivity contribution in [1.29, 1.82) is 0 Å². The molecule has 1 aromatic rings. The van der Waals surface area contributed by atoms with Gasteiger partial charge in [0.1, 0.15) is 13.2 Å². The summed E-state index contributed by atoms with van der Waals surface area (Å²) in [6, 6.07) is 4.32. The van der Waals surface area contributed by atoms with Crippen molar-refractivity contribution in [2.24, 2.45) is 5.41 Å². The van der Waals surface area contributed by atoms with E-state index >= 15 is 0 Å². The Morgan fingerprint density at radius 3 is 2.35 bits per heavy atom. The summed E-state index contributed by atoms with van der Waals surface area (Å²) in [5.74, 6) is 1.54. The van der Waals surface area contributed by atoms with Crippen LogP contribution in [0.2, 0.25) is 5.02 Å². The number of fused-ring (bicyclic) bond motifs is 1. The summed E-state index contributed by atoms with van der Waals surface area (Å²) >= 11 is 6.34. The van der Waals surface area contributed by atoms with E-state index in [0.717, 1.165) is 17.2 Å². The predicted molar refractivity (Wildman–Crippen MR) is 82.1 cm³/mol. The fourth-order valence-electron chi connectivity index (χ4n) is 2.94. The molecule has 20 heavy (non-hydrogen) atoms. The zero-order chi connectivity index (χ0) is 14.2. The Labute approximate surface area is 125 Å². The molecule has 1 aromatic carbocycles. The minimum Gasteiger partial charge on any atom is -0.486 e. The molecule has 2 aliphatic rings. The van der Waals surface area contributed by atoms with Gasteiger partial charge in [-0.1, -0.05) is 25.4 Å². The van der Waals surface area contributed by atoms with Crippen molar-refractivity contribution in [2.75, 3.05) is 18.5 Å². The second kappa shape index (κ2) is 5.36. The van der Waals surface area contributed by atoms with Gasteiger partial charge in [0, 0.05) is 18.2 Å². The van der Waals surface area contributed by atoms with Crippen LogP contribution in [0.5, 0.6) is 11.5 Å². The van der Waals surface area contributed by atoms with Crippen LogP contribution in [0, 0.1) is 5.41 Å². The van der Waals surface area contributed by atoms with Crippen LogP contribution < -0.4 is 14.8 Å². The number of benzene rings is 1. The molecule has 0 spiro atoms. The molecule has 3 rings (SSSR count). The quantitative estimate of drug-likeness (QED) is 0.872. The third-order valence-corrected chi connectivity index (χ3v) is 4.64. The lowest BCUT2D eigenvalue weighted by molar-refractivity contribution is 0.171. The number of ether oxygens (including phenoxy) is 2. The summed E-state index contributed by atoms with van der Waals surface area (Å²) in [4.78, 5) is 0. The van der Waals surface area contributed by atoms with E-state index in [1.165, 1.54) is 25.7 Å². The maximum Gasteiger partial charge on any atom is 0.163 e. The van der Waals surface area contributed by atoms with Gasteiger partial charge in [0.05, 0.1) is 10.7 Å². The largest absolute Gasteiger partial charge is 0.486 e. The SMILES string of the molecule is CC1(C)CCC(Nc2cc3c(cc2Cl)OCCO3)CC1. The molecule has 1 N–H and O–H groups in total. The Hall–Kier alpha value is -1.09. The zero-order valence-electron chi connectivity index (χ0n) is 12.2. The van der Waals surface area contributed by atoms with Crippen LogP contribution in [-0.4, -0.2) is 19.3 Å². The van der Waals surface area contributed by atoms with E-state index in [9.17, 15) is 0 Å². The first kappa shape index (κ1) is 13.9. The molecule has 3 nitrogen and oxygen atoms in total. The number of halogens is 1. The first-order valence-electron chi connectivity index (χ1n) is 7.39. The monoisotopic (exact) mass is 295 g/mol. The van der Waals surface area contributed by atoms with Gasteiger partial charge in [-0.05, 0) is 31.1 Å². The molecule has 0 aromatic heterocycles. The van der Waals surface area contributed by atoms with E-state index in [2.05, 4.69) is 19.2 Å². The second-order valence-corrected chi connectivity index (χ2v) is 6.97. The van der Waals surface area contributed by atoms with Crippen molar-refractivity contribution in [3.8, 4) is 11.5 Å². The molecule has 1 fully saturated rings. The number of nitrogens with one attached hydrogen (secondary N) is 1. The molecule has 110 valence electrons. The van der Waals surface area contributed by atoms with E-state index < -0.39 is 0 Å². The van der Waals surface area contributed by atoms with Crippen LogP contribution in [0.4, 0.5) is 5.69 Å². The van der Waals surface area contributed by atoms with Gasteiger partial charge in [-0.25, -0.2) is 0 Å². The average molecular weight is 296 g/mol. The van der Waals surface area contributed by atoms with Crippen molar-refractivity contribution in [2.45, 2.75) is 45.6 Å². The summed E-state index contributed by atoms with van der Waals surface area (Å²) in [5.41, 5.74) is 1.44. The maximum atomic E-state index is 6.34. The summed E-state index contributed by atoms with van der Waals surface area (Å²) in [6.07, 6.45) is 4.90. The van der Waals surface area contributed by atoms with Crippen LogP contribution in [0.1, 0.15) is 39.5 Å². The number of hydrogen-bond acceptors (Lipinski definition) is 3. The summed E-state index contributed by atoms with van der Waals surface area (Å²) < 4.78 is 11.2. The van der Waals surface area contributed by atoms with Crippen LogP contribution >= 0.6 is 11.6 Å². The lowest BCUT2D eigenvalue weighted by Crippen LogP contribution is -2.30. The zero-order valence-corrected chi connectivity index (χ0v) is 12.9.